The van der Waals surface area contributed by atoms with Gasteiger partial charge in [0.2, 0.25) is 6.79 Å². The number of benzene rings is 2. The van der Waals surface area contributed by atoms with Crippen LogP contribution < -0.4 is 9.47 Å². The Bertz CT molecular complexity index is 793. The van der Waals surface area contributed by atoms with Gasteiger partial charge in [-0.25, -0.2) is 4.79 Å². The largest absolute Gasteiger partial charge is 0.457 e. The molecule has 0 atom stereocenters. The summed E-state index contributed by atoms with van der Waals surface area (Å²) in [6, 6.07) is 13.3. The highest BCUT2D eigenvalue weighted by Gasteiger charge is 2.28. The van der Waals surface area contributed by atoms with Crippen molar-refractivity contribution in [3.05, 3.63) is 58.1 Å². The molecular formula is C17H11BrO4. The van der Waals surface area contributed by atoms with E-state index in [1.807, 2.05) is 42.5 Å². The van der Waals surface area contributed by atoms with Crippen molar-refractivity contribution in [3.63, 3.8) is 0 Å². The van der Waals surface area contributed by atoms with Crippen molar-refractivity contribution in [3.8, 4) is 11.5 Å². The van der Waals surface area contributed by atoms with Gasteiger partial charge in [0.05, 0.1) is 5.57 Å². The molecule has 2 aromatic rings. The molecule has 0 spiro atoms. The summed E-state index contributed by atoms with van der Waals surface area (Å²) < 4.78 is 16.9. The minimum atomic E-state index is -0.296. The van der Waals surface area contributed by atoms with E-state index in [4.69, 9.17) is 14.2 Å². The summed E-state index contributed by atoms with van der Waals surface area (Å²) in [4.78, 5) is 12.1. The molecule has 0 fully saturated rings. The van der Waals surface area contributed by atoms with E-state index >= 15 is 0 Å². The van der Waals surface area contributed by atoms with E-state index in [0.717, 1.165) is 26.9 Å². The standard InChI is InChI=1S/C17H11BrO4/c18-12-4-1-10(2-5-12)16-13(8-20-17(16)19)11-3-6-14-15(7-11)22-9-21-14/h1-7H,8-9H2. The first-order chi connectivity index (χ1) is 10.7. The Hall–Kier alpha value is -2.27. The number of rotatable bonds is 2. The Morgan fingerprint density at radius 3 is 2.41 bits per heavy atom. The smallest absolute Gasteiger partial charge is 0.339 e. The molecule has 0 amide bonds. The van der Waals surface area contributed by atoms with Crippen molar-refractivity contribution >= 4 is 33.0 Å². The zero-order valence-electron chi connectivity index (χ0n) is 11.5. The number of cyclic esters (lactones) is 1. The van der Waals surface area contributed by atoms with Gasteiger partial charge in [-0.3, -0.25) is 0 Å². The molecule has 0 saturated carbocycles. The third kappa shape index (κ3) is 2.18. The van der Waals surface area contributed by atoms with Crippen LogP contribution in [0.3, 0.4) is 0 Å². The fourth-order valence-corrected chi connectivity index (χ4v) is 2.89. The summed E-state index contributed by atoms with van der Waals surface area (Å²) in [7, 11) is 0. The fraction of sp³-hybridized carbons (Fsp3) is 0.118. The molecule has 2 aromatic carbocycles. The molecule has 0 aromatic heterocycles. The topological polar surface area (TPSA) is 44.8 Å². The second-order valence-corrected chi connectivity index (χ2v) is 5.92. The zero-order valence-corrected chi connectivity index (χ0v) is 13.1. The molecule has 0 unspecified atom stereocenters. The van der Waals surface area contributed by atoms with Crippen molar-refractivity contribution in [2.45, 2.75) is 0 Å². The lowest BCUT2D eigenvalue weighted by Crippen LogP contribution is -1.98. The van der Waals surface area contributed by atoms with Gasteiger partial charge in [-0.2, -0.15) is 0 Å². The molecule has 0 N–H and O–H groups in total. The summed E-state index contributed by atoms with van der Waals surface area (Å²) in [6.07, 6.45) is 0. The van der Waals surface area contributed by atoms with E-state index in [1.54, 1.807) is 0 Å². The molecule has 4 nitrogen and oxygen atoms in total. The Kier molecular flexibility index (Phi) is 3.15. The van der Waals surface area contributed by atoms with E-state index in [1.165, 1.54) is 0 Å². The first-order valence-electron chi connectivity index (χ1n) is 6.78. The number of fused-ring (bicyclic) bond motifs is 1. The van der Waals surface area contributed by atoms with Crippen LogP contribution in [0.15, 0.2) is 46.9 Å². The Morgan fingerprint density at radius 2 is 1.59 bits per heavy atom. The number of esters is 1. The molecule has 0 bridgehead atoms. The van der Waals surface area contributed by atoms with Crippen LogP contribution in [0.2, 0.25) is 0 Å². The number of carbonyl (C=O) groups is 1. The predicted molar refractivity (Wildman–Crippen MR) is 84.5 cm³/mol. The Balaban J connectivity index is 1.83. The number of hydrogen-bond donors (Lipinski definition) is 0. The molecule has 0 aliphatic carbocycles. The van der Waals surface area contributed by atoms with Crippen molar-refractivity contribution in [2.24, 2.45) is 0 Å². The molecule has 5 heteroatoms. The minimum absolute atomic E-state index is 0.229. The van der Waals surface area contributed by atoms with E-state index < -0.39 is 0 Å². The monoisotopic (exact) mass is 358 g/mol. The van der Waals surface area contributed by atoms with Crippen LogP contribution in [0.4, 0.5) is 0 Å². The molecule has 0 saturated heterocycles. The van der Waals surface area contributed by atoms with Gasteiger partial charge < -0.3 is 14.2 Å². The van der Waals surface area contributed by atoms with Gasteiger partial charge in [0.1, 0.15) is 6.61 Å². The highest BCUT2D eigenvalue weighted by atomic mass is 79.9. The van der Waals surface area contributed by atoms with E-state index in [0.29, 0.717) is 11.3 Å². The average molecular weight is 359 g/mol. The second kappa shape index (κ2) is 5.18. The van der Waals surface area contributed by atoms with E-state index in [9.17, 15) is 4.79 Å². The van der Waals surface area contributed by atoms with Gasteiger partial charge in [0.15, 0.2) is 11.5 Å². The maximum Gasteiger partial charge on any atom is 0.339 e. The van der Waals surface area contributed by atoms with E-state index in [-0.39, 0.29) is 19.4 Å². The lowest BCUT2D eigenvalue weighted by Gasteiger charge is -2.06. The average Bonchev–Trinajstić information content (AvgIpc) is 3.14. The number of hydrogen-bond acceptors (Lipinski definition) is 4. The molecule has 2 aliphatic heterocycles. The quantitative estimate of drug-likeness (QED) is 0.768. The highest BCUT2D eigenvalue weighted by Crippen LogP contribution is 2.38. The summed E-state index contributed by atoms with van der Waals surface area (Å²) in [5.41, 5.74) is 3.23. The first-order valence-corrected chi connectivity index (χ1v) is 7.58. The van der Waals surface area contributed by atoms with Crippen molar-refractivity contribution in [2.75, 3.05) is 13.4 Å². The number of halogens is 1. The van der Waals surface area contributed by atoms with Gasteiger partial charge in [-0.1, -0.05) is 34.1 Å². The summed E-state index contributed by atoms with van der Waals surface area (Å²) >= 11 is 3.40. The van der Waals surface area contributed by atoms with Gasteiger partial charge in [0, 0.05) is 10.0 Å². The second-order valence-electron chi connectivity index (χ2n) is 5.00. The van der Waals surface area contributed by atoms with Crippen LogP contribution >= 0.6 is 15.9 Å². The van der Waals surface area contributed by atoms with Crippen LogP contribution in [0.25, 0.3) is 11.1 Å². The van der Waals surface area contributed by atoms with Gasteiger partial charge in [0.25, 0.3) is 0 Å². The molecule has 110 valence electrons. The lowest BCUT2D eigenvalue weighted by atomic mass is 9.96. The fourth-order valence-electron chi connectivity index (χ4n) is 2.63. The normalized spacial score (nSPS) is 16.1. The van der Waals surface area contributed by atoms with Crippen LogP contribution in [0.1, 0.15) is 11.1 Å². The number of carbonyl (C=O) groups excluding carboxylic acids is 1. The molecule has 2 aliphatic rings. The third-order valence-electron chi connectivity index (χ3n) is 3.71. The Labute approximate surface area is 135 Å². The highest BCUT2D eigenvalue weighted by molar-refractivity contribution is 9.10. The third-order valence-corrected chi connectivity index (χ3v) is 4.24. The Morgan fingerprint density at radius 1 is 0.864 bits per heavy atom. The maximum atomic E-state index is 12.1. The molecule has 22 heavy (non-hydrogen) atoms. The summed E-state index contributed by atoms with van der Waals surface area (Å²) in [6.45, 7) is 0.497. The predicted octanol–water partition coefficient (Wildman–Crippen LogP) is 3.65. The van der Waals surface area contributed by atoms with E-state index in [2.05, 4.69) is 15.9 Å². The summed E-state index contributed by atoms with van der Waals surface area (Å²) in [5, 5.41) is 0. The number of ether oxygens (including phenoxy) is 3. The minimum Gasteiger partial charge on any atom is -0.457 e. The van der Waals surface area contributed by atoms with Crippen LogP contribution in [0, 0.1) is 0 Å². The zero-order chi connectivity index (χ0) is 15.1. The maximum absolute atomic E-state index is 12.1. The molecule has 2 heterocycles. The first kappa shape index (κ1) is 13.4. The van der Waals surface area contributed by atoms with Gasteiger partial charge >= 0.3 is 5.97 Å². The van der Waals surface area contributed by atoms with Gasteiger partial charge in [-0.15, -0.1) is 0 Å². The van der Waals surface area contributed by atoms with Crippen molar-refractivity contribution in [1.29, 1.82) is 0 Å². The molecule has 0 radical (unpaired) electrons. The lowest BCUT2D eigenvalue weighted by molar-refractivity contribution is -0.133. The summed E-state index contributed by atoms with van der Waals surface area (Å²) in [5.74, 6) is 1.12. The van der Waals surface area contributed by atoms with Crippen molar-refractivity contribution < 1.29 is 19.0 Å². The SMILES string of the molecule is O=C1OCC(c2ccc3c(c2)OCO3)=C1c1ccc(Br)cc1. The van der Waals surface area contributed by atoms with Crippen LogP contribution in [-0.4, -0.2) is 19.4 Å². The van der Waals surface area contributed by atoms with Crippen LogP contribution in [-0.2, 0) is 9.53 Å². The van der Waals surface area contributed by atoms with Crippen LogP contribution in [0.5, 0.6) is 11.5 Å². The molecule has 4 rings (SSSR count). The van der Waals surface area contributed by atoms with Crippen molar-refractivity contribution in [1.82, 2.24) is 0 Å². The molecular weight excluding hydrogens is 348 g/mol. The van der Waals surface area contributed by atoms with Gasteiger partial charge in [-0.05, 0) is 35.4 Å².